The van der Waals surface area contributed by atoms with Crippen LogP contribution in [0.2, 0.25) is 0 Å². The van der Waals surface area contributed by atoms with E-state index >= 15 is 0 Å². The van der Waals surface area contributed by atoms with Crippen molar-refractivity contribution in [3.8, 4) is 6.07 Å². The Morgan fingerprint density at radius 1 is 1.53 bits per heavy atom. The number of carboxylic acids is 1. The Bertz CT molecular complexity index is 787. The summed E-state index contributed by atoms with van der Waals surface area (Å²) in [5.41, 5.74) is 10.9. The average molecular weight is 259 g/mol. The minimum atomic E-state index is -1.09. The predicted octanol–water partition coefficient (Wildman–Crippen LogP) is -0.414. The standard InChI is InChI=1S/C11H9N5O3/c12-3-6-8(13)4(2-7(17)18)1-5-9(6)15-11(19)16-10(5)14/h1H,2,13H2,(H,17,18)(H3,14,15,16,19). The first kappa shape index (κ1) is 12.4. The number of nitrogens with two attached hydrogens (primary N) is 2. The molecule has 0 spiro atoms. The van der Waals surface area contributed by atoms with Crippen LogP contribution in [0.3, 0.4) is 0 Å². The van der Waals surface area contributed by atoms with Crippen molar-refractivity contribution in [3.63, 3.8) is 0 Å². The molecule has 2 aromatic rings. The van der Waals surface area contributed by atoms with Crippen molar-refractivity contribution in [1.82, 2.24) is 9.97 Å². The second-order valence-electron chi connectivity index (χ2n) is 3.86. The van der Waals surface area contributed by atoms with Gasteiger partial charge in [0.2, 0.25) is 0 Å². The second kappa shape index (κ2) is 4.30. The van der Waals surface area contributed by atoms with E-state index in [1.165, 1.54) is 6.07 Å². The predicted molar refractivity (Wildman–Crippen MR) is 67.2 cm³/mol. The van der Waals surface area contributed by atoms with Crippen molar-refractivity contribution < 1.29 is 9.90 Å². The number of H-pyrrole nitrogens is 1. The van der Waals surface area contributed by atoms with Crippen molar-refractivity contribution in [1.29, 1.82) is 5.26 Å². The van der Waals surface area contributed by atoms with Gasteiger partial charge in [0.25, 0.3) is 0 Å². The molecule has 19 heavy (non-hydrogen) atoms. The first-order valence-corrected chi connectivity index (χ1v) is 5.16. The Balaban J connectivity index is 2.91. The number of aliphatic carboxylic acids is 1. The summed E-state index contributed by atoms with van der Waals surface area (Å²) in [5.74, 6) is -1.08. The molecule has 8 nitrogen and oxygen atoms in total. The minimum absolute atomic E-state index is 0.00472. The molecule has 1 aromatic heterocycles. The van der Waals surface area contributed by atoms with Crippen molar-refractivity contribution in [2.75, 3.05) is 11.5 Å². The highest BCUT2D eigenvalue weighted by molar-refractivity contribution is 5.97. The largest absolute Gasteiger partial charge is 0.481 e. The highest BCUT2D eigenvalue weighted by Crippen LogP contribution is 2.28. The molecule has 0 saturated carbocycles. The molecule has 0 fully saturated rings. The highest BCUT2D eigenvalue weighted by atomic mass is 16.4. The van der Waals surface area contributed by atoms with Crippen LogP contribution in [-0.2, 0) is 11.2 Å². The number of benzene rings is 1. The van der Waals surface area contributed by atoms with Gasteiger partial charge in [-0.1, -0.05) is 0 Å². The van der Waals surface area contributed by atoms with E-state index in [-0.39, 0.29) is 34.6 Å². The van der Waals surface area contributed by atoms with Gasteiger partial charge in [0.05, 0.1) is 17.6 Å². The number of anilines is 2. The Morgan fingerprint density at radius 3 is 2.79 bits per heavy atom. The van der Waals surface area contributed by atoms with Gasteiger partial charge in [-0.05, 0) is 11.6 Å². The van der Waals surface area contributed by atoms with E-state index in [9.17, 15) is 9.59 Å². The van der Waals surface area contributed by atoms with Crippen LogP contribution < -0.4 is 17.2 Å². The molecule has 1 heterocycles. The summed E-state index contributed by atoms with van der Waals surface area (Å²) >= 11 is 0. The van der Waals surface area contributed by atoms with Gasteiger partial charge in [-0.3, -0.25) is 9.78 Å². The maximum atomic E-state index is 11.3. The van der Waals surface area contributed by atoms with Crippen molar-refractivity contribution in [3.05, 3.63) is 27.7 Å². The van der Waals surface area contributed by atoms with E-state index in [0.29, 0.717) is 5.39 Å². The number of nitrogens with one attached hydrogen (secondary N) is 1. The summed E-state index contributed by atoms with van der Waals surface area (Å²) in [7, 11) is 0. The average Bonchev–Trinajstić information content (AvgIpc) is 2.31. The van der Waals surface area contributed by atoms with E-state index < -0.39 is 11.7 Å². The number of hydrogen-bond donors (Lipinski definition) is 4. The maximum Gasteiger partial charge on any atom is 0.347 e. The third-order valence-electron chi connectivity index (χ3n) is 2.62. The third-order valence-corrected chi connectivity index (χ3v) is 2.62. The van der Waals surface area contributed by atoms with Crippen molar-refractivity contribution >= 4 is 28.4 Å². The third kappa shape index (κ3) is 2.04. The summed E-state index contributed by atoms with van der Waals surface area (Å²) in [4.78, 5) is 27.9. The molecule has 0 atom stereocenters. The highest BCUT2D eigenvalue weighted by Gasteiger charge is 2.16. The van der Waals surface area contributed by atoms with Crippen LogP contribution in [0.1, 0.15) is 11.1 Å². The van der Waals surface area contributed by atoms with Crippen molar-refractivity contribution in [2.45, 2.75) is 6.42 Å². The molecule has 0 radical (unpaired) electrons. The normalized spacial score (nSPS) is 10.3. The number of hydrogen-bond acceptors (Lipinski definition) is 6. The number of nitrogens with zero attached hydrogens (tertiary/aromatic N) is 2. The Kier molecular flexibility index (Phi) is 2.80. The summed E-state index contributed by atoms with van der Waals surface area (Å²) in [6.45, 7) is 0. The number of aromatic amines is 1. The SMILES string of the molecule is N#Cc1c(N)c(CC(=O)O)cc2c(N)[nH]c(=O)nc12. The Hall–Kier alpha value is -3.08. The minimum Gasteiger partial charge on any atom is -0.481 e. The van der Waals surface area contributed by atoms with Crippen LogP contribution in [0.25, 0.3) is 10.9 Å². The van der Waals surface area contributed by atoms with Crippen LogP contribution >= 0.6 is 0 Å². The summed E-state index contributed by atoms with van der Waals surface area (Å²) < 4.78 is 0. The fourth-order valence-electron chi connectivity index (χ4n) is 1.80. The quantitative estimate of drug-likeness (QED) is 0.533. The molecule has 0 amide bonds. The zero-order chi connectivity index (χ0) is 14.2. The fourth-order valence-corrected chi connectivity index (χ4v) is 1.80. The van der Waals surface area contributed by atoms with Gasteiger partial charge >= 0.3 is 11.7 Å². The first-order chi connectivity index (χ1) is 8.93. The van der Waals surface area contributed by atoms with Crippen LogP contribution in [0.5, 0.6) is 0 Å². The number of nitrogen functional groups attached to an aromatic ring is 2. The summed E-state index contributed by atoms with van der Waals surface area (Å²) in [6.07, 6.45) is -0.352. The Morgan fingerprint density at radius 2 is 2.21 bits per heavy atom. The van der Waals surface area contributed by atoms with Crippen LogP contribution in [0, 0.1) is 11.3 Å². The molecule has 8 heteroatoms. The van der Waals surface area contributed by atoms with Gasteiger partial charge in [-0.25, -0.2) is 4.79 Å². The molecule has 0 aliphatic heterocycles. The molecule has 0 aliphatic carbocycles. The Labute approximate surface area is 106 Å². The van der Waals surface area contributed by atoms with Gasteiger partial charge in [0.1, 0.15) is 17.5 Å². The number of rotatable bonds is 2. The van der Waals surface area contributed by atoms with Crippen LogP contribution in [0.15, 0.2) is 10.9 Å². The molecular weight excluding hydrogens is 250 g/mol. The molecule has 96 valence electrons. The molecule has 0 aliphatic rings. The molecule has 0 unspecified atom stereocenters. The van der Waals surface area contributed by atoms with Gasteiger partial charge < -0.3 is 16.6 Å². The molecule has 6 N–H and O–H groups in total. The van der Waals surface area contributed by atoms with E-state index in [1.807, 2.05) is 6.07 Å². The number of aromatic nitrogens is 2. The zero-order valence-corrected chi connectivity index (χ0v) is 9.60. The molecule has 1 aromatic carbocycles. The van der Waals surface area contributed by atoms with Gasteiger partial charge in [-0.15, -0.1) is 0 Å². The topological polar surface area (TPSA) is 159 Å². The second-order valence-corrected chi connectivity index (χ2v) is 3.86. The number of carbonyl (C=O) groups is 1. The number of nitriles is 1. The van der Waals surface area contributed by atoms with E-state index in [0.717, 1.165) is 0 Å². The van der Waals surface area contributed by atoms with Crippen LogP contribution in [0.4, 0.5) is 11.5 Å². The van der Waals surface area contributed by atoms with E-state index in [1.54, 1.807) is 0 Å². The van der Waals surface area contributed by atoms with Crippen molar-refractivity contribution in [2.24, 2.45) is 0 Å². The smallest absolute Gasteiger partial charge is 0.347 e. The van der Waals surface area contributed by atoms with Gasteiger partial charge in [0.15, 0.2) is 0 Å². The lowest BCUT2D eigenvalue weighted by Crippen LogP contribution is -2.15. The lowest BCUT2D eigenvalue weighted by Gasteiger charge is -2.09. The summed E-state index contributed by atoms with van der Waals surface area (Å²) in [5, 5.41) is 18.2. The van der Waals surface area contributed by atoms with E-state index in [2.05, 4.69) is 9.97 Å². The number of carboxylic acid groups (broad SMARTS) is 1. The molecule has 0 saturated heterocycles. The first-order valence-electron chi connectivity index (χ1n) is 5.16. The molecule has 2 rings (SSSR count). The van der Waals surface area contributed by atoms with Gasteiger partial charge in [0, 0.05) is 5.39 Å². The molecular formula is C11H9N5O3. The lowest BCUT2D eigenvalue weighted by molar-refractivity contribution is -0.136. The molecule has 0 bridgehead atoms. The van der Waals surface area contributed by atoms with E-state index in [4.69, 9.17) is 21.8 Å². The zero-order valence-electron chi connectivity index (χ0n) is 9.60. The van der Waals surface area contributed by atoms with Gasteiger partial charge in [-0.2, -0.15) is 10.2 Å². The van der Waals surface area contributed by atoms with Crippen LogP contribution in [-0.4, -0.2) is 21.0 Å². The maximum absolute atomic E-state index is 11.3. The number of fused-ring (bicyclic) bond motifs is 1. The summed E-state index contributed by atoms with van der Waals surface area (Å²) in [6, 6.07) is 3.23. The monoisotopic (exact) mass is 259 g/mol. The lowest BCUT2D eigenvalue weighted by atomic mass is 10.0. The fraction of sp³-hybridized carbons (Fsp3) is 0.0909.